The minimum Gasteiger partial charge on any atom is -0.288 e. The van der Waals surface area contributed by atoms with Gasteiger partial charge in [-0.25, -0.2) is 8.78 Å². The van der Waals surface area contributed by atoms with E-state index in [4.69, 9.17) is 4.99 Å². The van der Waals surface area contributed by atoms with Gasteiger partial charge < -0.3 is 0 Å². The summed E-state index contributed by atoms with van der Waals surface area (Å²) in [5.41, 5.74) is 2.02. The van der Waals surface area contributed by atoms with Crippen molar-refractivity contribution in [2.45, 2.75) is 63.6 Å². The molecule has 2 atom stereocenters. The fraction of sp³-hybridized carbons (Fsp3) is 0.611. The molecule has 0 N–H and O–H groups in total. The molecule has 0 aromatic heterocycles. The summed E-state index contributed by atoms with van der Waals surface area (Å²) in [5.74, 6) is -2.55. The number of benzene rings is 1. The highest BCUT2D eigenvalue weighted by Gasteiger charge is 2.52. The van der Waals surface area contributed by atoms with E-state index in [0.29, 0.717) is 6.42 Å². The van der Waals surface area contributed by atoms with Gasteiger partial charge in [-0.2, -0.15) is 0 Å². The minimum atomic E-state index is -2.55. The zero-order valence-corrected chi connectivity index (χ0v) is 13.5. The van der Waals surface area contributed by atoms with Crippen molar-refractivity contribution < 1.29 is 8.78 Å². The summed E-state index contributed by atoms with van der Waals surface area (Å²) in [6.45, 7) is 6.09. The molecule has 2 heterocycles. The average molecular weight is 306 g/mol. The Balaban J connectivity index is 1.80. The number of aliphatic imine (C=N–C) groups is 1. The number of piperidine rings is 1. The molecule has 0 unspecified atom stereocenters. The zero-order valence-electron chi connectivity index (χ0n) is 13.5. The second-order valence-electron chi connectivity index (χ2n) is 7.32. The van der Waals surface area contributed by atoms with Crippen molar-refractivity contribution >= 4 is 5.71 Å². The van der Waals surface area contributed by atoms with Gasteiger partial charge in [0, 0.05) is 36.6 Å². The number of fused-ring (bicyclic) bond motifs is 1. The van der Waals surface area contributed by atoms with E-state index in [2.05, 4.69) is 32.9 Å². The second kappa shape index (κ2) is 5.41. The van der Waals surface area contributed by atoms with Gasteiger partial charge in [0.1, 0.15) is 0 Å². The molecule has 0 spiro atoms. The number of rotatable bonds is 2. The lowest BCUT2D eigenvalue weighted by molar-refractivity contribution is -0.000791. The Morgan fingerprint density at radius 1 is 1.23 bits per heavy atom. The Kier molecular flexibility index (Phi) is 3.84. The van der Waals surface area contributed by atoms with Crippen LogP contribution in [0.1, 0.15) is 51.6 Å². The highest BCUT2D eigenvalue weighted by atomic mass is 19.3. The van der Waals surface area contributed by atoms with Crippen molar-refractivity contribution in [3.05, 3.63) is 35.9 Å². The second-order valence-corrected chi connectivity index (χ2v) is 7.32. The van der Waals surface area contributed by atoms with Gasteiger partial charge in [0.25, 0.3) is 5.92 Å². The van der Waals surface area contributed by atoms with Gasteiger partial charge in [-0.15, -0.1) is 0 Å². The quantitative estimate of drug-likeness (QED) is 0.787. The lowest BCUT2D eigenvalue weighted by Crippen LogP contribution is -2.53. The highest BCUT2D eigenvalue weighted by molar-refractivity contribution is 5.87. The van der Waals surface area contributed by atoms with Crippen LogP contribution in [0.15, 0.2) is 35.3 Å². The van der Waals surface area contributed by atoms with Crippen LogP contribution in [0.25, 0.3) is 0 Å². The molecular formula is C18H24F2N2. The monoisotopic (exact) mass is 306 g/mol. The fourth-order valence-electron chi connectivity index (χ4n) is 3.91. The Bertz CT molecular complexity index is 566. The highest BCUT2D eigenvalue weighted by Crippen LogP contribution is 2.43. The van der Waals surface area contributed by atoms with Crippen LogP contribution in [0.5, 0.6) is 0 Å². The third-order valence-corrected chi connectivity index (χ3v) is 4.92. The summed E-state index contributed by atoms with van der Waals surface area (Å²) in [5, 5.41) is 0. The largest absolute Gasteiger partial charge is 0.288 e. The smallest absolute Gasteiger partial charge is 0.262 e. The molecule has 2 aliphatic rings. The molecule has 2 nitrogen and oxygen atoms in total. The molecular weight excluding hydrogens is 282 g/mol. The summed E-state index contributed by atoms with van der Waals surface area (Å²) < 4.78 is 27.5. The van der Waals surface area contributed by atoms with Gasteiger partial charge in [-0.3, -0.25) is 9.89 Å². The molecule has 0 radical (unpaired) electrons. The first-order valence-corrected chi connectivity index (χ1v) is 8.02. The summed E-state index contributed by atoms with van der Waals surface area (Å²) in [4.78, 5) is 6.84. The fourth-order valence-corrected chi connectivity index (χ4v) is 3.91. The van der Waals surface area contributed by atoms with Crippen LogP contribution in [0.4, 0.5) is 8.78 Å². The number of alkyl halides is 2. The van der Waals surface area contributed by atoms with E-state index in [1.165, 1.54) is 5.56 Å². The molecule has 0 amide bonds. The molecule has 4 heteroatoms. The number of nitrogens with zero attached hydrogens (tertiary/aromatic N) is 2. The zero-order chi connectivity index (χ0) is 16.0. The first-order valence-electron chi connectivity index (χ1n) is 8.02. The van der Waals surface area contributed by atoms with Gasteiger partial charge >= 0.3 is 0 Å². The van der Waals surface area contributed by atoms with Crippen LogP contribution >= 0.6 is 0 Å². The SMILES string of the molecule is C[C@H](N=C1C[C@@H]2CC(F)(F)CN2C(C)(C)C1)c1ccccc1. The number of hydrogen-bond donors (Lipinski definition) is 0. The number of halogens is 2. The van der Waals surface area contributed by atoms with E-state index in [9.17, 15) is 8.78 Å². The van der Waals surface area contributed by atoms with Crippen molar-refractivity contribution in [1.29, 1.82) is 0 Å². The minimum absolute atomic E-state index is 0.0326. The van der Waals surface area contributed by atoms with Crippen molar-refractivity contribution in [2.75, 3.05) is 6.54 Å². The molecule has 1 aromatic rings. The normalized spacial score (nSPS) is 30.2. The molecule has 3 rings (SSSR count). The predicted molar refractivity (Wildman–Crippen MR) is 85.7 cm³/mol. The van der Waals surface area contributed by atoms with E-state index in [0.717, 1.165) is 12.1 Å². The van der Waals surface area contributed by atoms with Gasteiger partial charge in [0.15, 0.2) is 0 Å². The maximum atomic E-state index is 13.8. The van der Waals surface area contributed by atoms with Gasteiger partial charge in [0.05, 0.1) is 12.6 Å². The standard InChI is InChI=1S/C18H24F2N2/c1-13(14-7-5-4-6-8-14)21-15-9-16-11-18(19,20)12-22(16)17(2,3)10-15/h4-8,13,16H,9-12H2,1-3H3/t13-,16+/m0/s1. The van der Waals surface area contributed by atoms with E-state index in [-0.39, 0.29) is 30.6 Å². The first kappa shape index (κ1) is 15.6. The van der Waals surface area contributed by atoms with Crippen LogP contribution in [0, 0.1) is 0 Å². The molecule has 0 aliphatic carbocycles. The summed E-state index contributed by atoms with van der Waals surface area (Å²) >= 11 is 0. The molecule has 1 aromatic carbocycles. The molecule has 22 heavy (non-hydrogen) atoms. The van der Waals surface area contributed by atoms with E-state index < -0.39 is 5.92 Å². The van der Waals surface area contributed by atoms with Crippen molar-refractivity contribution in [3.63, 3.8) is 0 Å². The third-order valence-electron chi connectivity index (χ3n) is 4.92. The van der Waals surface area contributed by atoms with E-state index in [1.54, 1.807) is 0 Å². The molecule has 120 valence electrons. The van der Waals surface area contributed by atoms with E-state index in [1.807, 2.05) is 23.1 Å². The Morgan fingerprint density at radius 2 is 1.91 bits per heavy atom. The van der Waals surface area contributed by atoms with Gasteiger partial charge in [0.2, 0.25) is 0 Å². The summed E-state index contributed by atoms with van der Waals surface area (Å²) in [7, 11) is 0. The number of hydrogen-bond acceptors (Lipinski definition) is 2. The van der Waals surface area contributed by atoms with Crippen LogP contribution in [-0.2, 0) is 0 Å². The van der Waals surface area contributed by atoms with Crippen LogP contribution in [0.2, 0.25) is 0 Å². The van der Waals surface area contributed by atoms with Gasteiger partial charge in [-0.05, 0) is 26.3 Å². The lowest BCUT2D eigenvalue weighted by atomic mass is 9.85. The summed E-state index contributed by atoms with van der Waals surface area (Å²) in [6.07, 6.45) is 1.42. The average Bonchev–Trinajstić information content (AvgIpc) is 2.74. The topological polar surface area (TPSA) is 15.6 Å². The Labute approximate surface area is 131 Å². The molecule has 2 saturated heterocycles. The Hall–Kier alpha value is -1.29. The first-order chi connectivity index (χ1) is 10.3. The van der Waals surface area contributed by atoms with Crippen molar-refractivity contribution in [2.24, 2.45) is 4.99 Å². The summed E-state index contributed by atoms with van der Waals surface area (Å²) in [6, 6.07) is 10.2. The van der Waals surface area contributed by atoms with Crippen LogP contribution in [-0.4, -0.2) is 34.7 Å². The van der Waals surface area contributed by atoms with Gasteiger partial charge in [-0.1, -0.05) is 30.3 Å². The maximum Gasteiger partial charge on any atom is 0.262 e. The molecule has 2 fully saturated rings. The van der Waals surface area contributed by atoms with Crippen LogP contribution in [0.3, 0.4) is 0 Å². The maximum absolute atomic E-state index is 13.8. The van der Waals surface area contributed by atoms with Crippen LogP contribution < -0.4 is 0 Å². The van der Waals surface area contributed by atoms with Crippen molar-refractivity contribution in [3.8, 4) is 0 Å². The Morgan fingerprint density at radius 3 is 2.59 bits per heavy atom. The predicted octanol–water partition coefficient (Wildman–Crippen LogP) is 4.47. The van der Waals surface area contributed by atoms with E-state index >= 15 is 0 Å². The third kappa shape index (κ3) is 3.07. The molecule has 0 saturated carbocycles. The molecule has 0 bridgehead atoms. The van der Waals surface area contributed by atoms with Crippen molar-refractivity contribution in [1.82, 2.24) is 4.90 Å². The molecule has 2 aliphatic heterocycles. The lowest BCUT2D eigenvalue weighted by Gasteiger charge is -2.44.